The molecule has 6 nitrogen and oxygen atoms in total. The van der Waals surface area contributed by atoms with Crippen LogP contribution < -0.4 is 16.0 Å². The summed E-state index contributed by atoms with van der Waals surface area (Å²) in [5, 5.41) is 14.4. The van der Waals surface area contributed by atoms with Gasteiger partial charge in [-0.05, 0) is 57.4 Å². The number of amidine groups is 1. The summed E-state index contributed by atoms with van der Waals surface area (Å²) in [5.41, 5.74) is 9.18. The third-order valence-electron chi connectivity index (χ3n) is 5.16. The molecule has 1 unspecified atom stereocenters. The maximum Gasteiger partial charge on any atom is 0.144 e. The van der Waals surface area contributed by atoms with E-state index in [1.54, 1.807) is 6.92 Å². The molecule has 1 fully saturated rings. The molecule has 1 aromatic heterocycles. The number of nitrogens with zero attached hydrogens (tertiary/aromatic N) is 3. The molecular formula is C22H33N5O. The van der Waals surface area contributed by atoms with Crippen molar-refractivity contribution in [2.75, 3.05) is 24.5 Å². The van der Waals surface area contributed by atoms with Gasteiger partial charge in [0.2, 0.25) is 0 Å². The highest BCUT2D eigenvalue weighted by molar-refractivity contribution is 6.04. The van der Waals surface area contributed by atoms with Crippen LogP contribution in [0.15, 0.2) is 29.3 Å². The van der Waals surface area contributed by atoms with E-state index < -0.39 is 6.23 Å². The second kappa shape index (κ2) is 8.88. The highest BCUT2D eigenvalue weighted by Crippen LogP contribution is 2.27. The average molecular weight is 384 g/mol. The van der Waals surface area contributed by atoms with Gasteiger partial charge in [-0.1, -0.05) is 25.5 Å². The first-order valence-electron chi connectivity index (χ1n) is 10.2. The minimum atomic E-state index is -0.841. The molecule has 1 atom stereocenters. The normalized spacial score (nSPS) is 17.5. The minimum Gasteiger partial charge on any atom is -0.383 e. The van der Waals surface area contributed by atoms with Crippen LogP contribution in [0.4, 0.5) is 5.82 Å². The number of nitrogens with two attached hydrogens (primary N) is 1. The van der Waals surface area contributed by atoms with Crippen molar-refractivity contribution in [3.8, 4) is 0 Å². The number of aromatic nitrogens is 1. The Kier molecular flexibility index (Phi) is 6.52. The van der Waals surface area contributed by atoms with E-state index in [9.17, 15) is 5.11 Å². The summed E-state index contributed by atoms with van der Waals surface area (Å²) < 4.78 is 0. The van der Waals surface area contributed by atoms with Crippen LogP contribution in [0.2, 0.25) is 0 Å². The van der Waals surface area contributed by atoms with Crippen molar-refractivity contribution in [2.45, 2.75) is 52.8 Å². The number of pyridine rings is 1. The van der Waals surface area contributed by atoms with Gasteiger partial charge in [0.25, 0.3) is 0 Å². The van der Waals surface area contributed by atoms with Gasteiger partial charge in [-0.3, -0.25) is 0 Å². The van der Waals surface area contributed by atoms with Crippen molar-refractivity contribution < 1.29 is 5.11 Å². The molecule has 0 radical (unpaired) electrons. The highest BCUT2D eigenvalue weighted by Gasteiger charge is 2.23. The molecule has 0 aliphatic carbocycles. The van der Waals surface area contributed by atoms with Gasteiger partial charge in [0.1, 0.15) is 17.9 Å². The number of rotatable bonds is 6. The van der Waals surface area contributed by atoms with Crippen molar-refractivity contribution >= 4 is 22.6 Å². The fraction of sp³-hybridized carbons (Fsp3) is 0.545. The minimum absolute atomic E-state index is 0.334. The lowest BCUT2D eigenvalue weighted by atomic mass is 10.0. The quantitative estimate of drug-likeness (QED) is 0.527. The summed E-state index contributed by atoms with van der Waals surface area (Å²) in [6, 6.07) is 8.83. The van der Waals surface area contributed by atoms with Crippen LogP contribution in [-0.2, 0) is 0 Å². The predicted octanol–water partition coefficient (Wildman–Crippen LogP) is 2.80. The Bertz CT molecular complexity index is 838. The van der Waals surface area contributed by atoms with E-state index in [2.05, 4.69) is 60.2 Å². The van der Waals surface area contributed by atoms with Crippen LogP contribution in [0, 0.1) is 12.8 Å². The number of benzene rings is 1. The largest absolute Gasteiger partial charge is 0.383 e. The molecule has 152 valence electrons. The molecule has 0 bridgehead atoms. The molecule has 2 heterocycles. The van der Waals surface area contributed by atoms with Crippen LogP contribution in [0.25, 0.3) is 10.9 Å². The number of aliphatic hydroxyl groups excluding tert-OH is 1. The summed E-state index contributed by atoms with van der Waals surface area (Å²) >= 11 is 0. The zero-order valence-electron chi connectivity index (χ0n) is 17.4. The molecule has 4 N–H and O–H groups in total. The Morgan fingerprint density at radius 1 is 1.29 bits per heavy atom. The van der Waals surface area contributed by atoms with E-state index in [0.29, 0.717) is 17.8 Å². The van der Waals surface area contributed by atoms with Crippen molar-refractivity contribution in [3.05, 3.63) is 35.4 Å². The third kappa shape index (κ3) is 5.00. The fourth-order valence-electron chi connectivity index (χ4n) is 3.68. The van der Waals surface area contributed by atoms with E-state index in [0.717, 1.165) is 54.8 Å². The van der Waals surface area contributed by atoms with Crippen LogP contribution in [-0.4, -0.2) is 47.8 Å². The lowest BCUT2D eigenvalue weighted by Crippen LogP contribution is -2.44. The number of hydrogen-bond acceptors (Lipinski definition) is 5. The summed E-state index contributed by atoms with van der Waals surface area (Å²) in [7, 11) is 0. The van der Waals surface area contributed by atoms with Gasteiger partial charge in [-0.25, -0.2) is 9.98 Å². The maximum absolute atomic E-state index is 9.67. The number of fused-ring (bicyclic) bond motifs is 1. The van der Waals surface area contributed by atoms with E-state index in [4.69, 9.17) is 10.7 Å². The van der Waals surface area contributed by atoms with Gasteiger partial charge in [0, 0.05) is 24.5 Å². The standard InChI is InChI=1S/C22H33N5O/c1-14(2)13-24-18-7-9-27(10-8-18)22-19(21(23)25-16(4)28)12-17-11-15(3)5-6-20(17)26-22/h5-6,11-12,14,16,18,24,28H,7-10,13H2,1-4H3,(H2,23,25). The van der Waals surface area contributed by atoms with Crippen LogP contribution in [0.3, 0.4) is 0 Å². The topological polar surface area (TPSA) is 86.8 Å². The Balaban J connectivity index is 1.90. The number of nitrogens with one attached hydrogen (secondary N) is 1. The first-order valence-corrected chi connectivity index (χ1v) is 10.2. The zero-order valence-corrected chi connectivity index (χ0v) is 17.4. The Labute approximate surface area is 167 Å². The molecule has 1 aromatic carbocycles. The Morgan fingerprint density at radius 2 is 2.00 bits per heavy atom. The maximum atomic E-state index is 9.67. The molecule has 1 aliphatic rings. The zero-order chi connectivity index (χ0) is 20.3. The smallest absolute Gasteiger partial charge is 0.144 e. The number of aliphatic imine (C=N–C) groups is 1. The van der Waals surface area contributed by atoms with Crippen LogP contribution in [0.1, 0.15) is 44.7 Å². The lowest BCUT2D eigenvalue weighted by Gasteiger charge is -2.34. The molecule has 0 spiro atoms. The van der Waals surface area contributed by atoms with Crippen LogP contribution in [0.5, 0.6) is 0 Å². The van der Waals surface area contributed by atoms with E-state index in [-0.39, 0.29) is 0 Å². The number of aryl methyl sites for hydroxylation is 1. The fourth-order valence-corrected chi connectivity index (χ4v) is 3.68. The first-order chi connectivity index (χ1) is 13.3. The van der Waals surface area contributed by atoms with Gasteiger partial charge in [-0.15, -0.1) is 0 Å². The van der Waals surface area contributed by atoms with Crippen molar-refractivity contribution in [1.82, 2.24) is 10.3 Å². The van der Waals surface area contributed by atoms with E-state index >= 15 is 0 Å². The van der Waals surface area contributed by atoms with Gasteiger partial charge < -0.3 is 21.1 Å². The van der Waals surface area contributed by atoms with Gasteiger partial charge in [0.05, 0.1) is 11.1 Å². The molecular weight excluding hydrogens is 350 g/mol. The van der Waals surface area contributed by atoms with Gasteiger partial charge >= 0.3 is 0 Å². The number of hydrogen-bond donors (Lipinski definition) is 3. The summed E-state index contributed by atoms with van der Waals surface area (Å²) in [5.74, 6) is 1.85. The van der Waals surface area contributed by atoms with Crippen molar-refractivity contribution in [2.24, 2.45) is 16.6 Å². The number of piperidine rings is 1. The second-order valence-corrected chi connectivity index (χ2v) is 8.27. The average Bonchev–Trinajstić information content (AvgIpc) is 2.65. The SMILES string of the molecule is Cc1ccc2nc(N3CCC(NCC(C)C)CC3)c(C(N)=NC(C)O)cc2c1. The highest BCUT2D eigenvalue weighted by atomic mass is 16.3. The monoisotopic (exact) mass is 383 g/mol. The number of anilines is 1. The van der Waals surface area contributed by atoms with Gasteiger partial charge in [0.15, 0.2) is 0 Å². The molecule has 1 saturated heterocycles. The Morgan fingerprint density at radius 3 is 2.64 bits per heavy atom. The third-order valence-corrected chi connectivity index (χ3v) is 5.16. The molecule has 1 aliphatic heterocycles. The summed E-state index contributed by atoms with van der Waals surface area (Å²) in [6.07, 6.45) is 1.31. The first kappa shape index (κ1) is 20.6. The van der Waals surface area contributed by atoms with Crippen molar-refractivity contribution in [1.29, 1.82) is 0 Å². The molecule has 2 aromatic rings. The predicted molar refractivity (Wildman–Crippen MR) is 117 cm³/mol. The molecule has 28 heavy (non-hydrogen) atoms. The molecule has 0 saturated carbocycles. The molecule has 3 rings (SSSR count). The van der Waals surface area contributed by atoms with E-state index in [1.165, 1.54) is 5.56 Å². The van der Waals surface area contributed by atoms with Gasteiger partial charge in [-0.2, -0.15) is 0 Å². The van der Waals surface area contributed by atoms with Crippen molar-refractivity contribution in [3.63, 3.8) is 0 Å². The number of aliphatic hydroxyl groups is 1. The molecule has 0 amide bonds. The van der Waals surface area contributed by atoms with Crippen LogP contribution >= 0.6 is 0 Å². The second-order valence-electron chi connectivity index (χ2n) is 8.27. The van der Waals surface area contributed by atoms with E-state index in [1.807, 2.05) is 0 Å². The summed E-state index contributed by atoms with van der Waals surface area (Å²) in [6.45, 7) is 11.0. The Hall–Kier alpha value is -2.18. The summed E-state index contributed by atoms with van der Waals surface area (Å²) in [4.78, 5) is 11.4. The molecule has 6 heteroatoms. The lowest BCUT2D eigenvalue weighted by molar-refractivity contribution is 0.205.